The number of amides is 1. The first kappa shape index (κ1) is 17.9. The second kappa shape index (κ2) is 6.78. The summed E-state index contributed by atoms with van der Waals surface area (Å²) in [6.45, 7) is 10.5. The monoisotopic (exact) mass is 353 g/mol. The van der Waals surface area contributed by atoms with Crippen LogP contribution in [-0.2, 0) is 6.54 Å². The molecule has 0 bridgehead atoms. The van der Waals surface area contributed by atoms with E-state index in [-0.39, 0.29) is 17.2 Å². The van der Waals surface area contributed by atoms with E-state index in [0.717, 1.165) is 29.1 Å². The van der Waals surface area contributed by atoms with Crippen LogP contribution >= 0.6 is 0 Å². The van der Waals surface area contributed by atoms with Crippen LogP contribution in [0.15, 0.2) is 33.5 Å². The lowest BCUT2D eigenvalue weighted by atomic mass is 10.1. The summed E-state index contributed by atoms with van der Waals surface area (Å²) in [5.74, 6) is -0.404. The fourth-order valence-electron chi connectivity index (χ4n) is 3.36. The van der Waals surface area contributed by atoms with Crippen molar-refractivity contribution >= 4 is 16.9 Å². The lowest BCUT2D eigenvalue weighted by Crippen LogP contribution is -2.28. The lowest BCUT2D eigenvalue weighted by molar-refractivity contribution is 0.0912. The molecule has 2 aromatic heterocycles. The summed E-state index contributed by atoms with van der Waals surface area (Å²) < 4.78 is 7.58. The Morgan fingerprint density at radius 2 is 2.00 bits per heavy atom. The summed E-state index contributed by atoms with van der Waals surface area (Å²) in [6.07, 6.45) is 0. The predicted molar refractivity (Wildman–Crippen MR) is 100 cm³/mol. The van der Waals surface area contributed by atoms with Gasteiger partial charge in [0.05, 0.1) is 17.1 Å². The SMILES string of the molecule is CCn1nc(C)c([C@@H](C)NC(=O)c2cc(=O)c3ccc(C)cc3o2)c1C. The topological polar surface area (TPSA) is 77.1 Å². The third-order valence-electron chi connectivity index (χ3n) is 4.63. The van der Waals surface area contributed by atoms with Crippen LogP contribution in [-0.4, -0.2) is 15.7 Å². The number of nitrogens with one attached hydrogen (secondary N) is 1. The highest BCUT2D eigenvalue weighted by molar-refractivity contribution is 5.93. The van der Waals surface area contributed by atoms with E-state index in [1.165, 1.54) is 6.07 Å². The molecule has 0 unspecified atom stereocenters. The molecule has 0 spiro atoms. The number of aryl methyl sites for hydroxylation is 3. The average Bonchev–Trinajstić information content (AvgIpc) is 2.87. The fraction of sp³-hybridized carbons (Fsp3) is 0.350. The maximum atomic E-state index is 12.6. The van der Waals surface area contributed by atoms with Crippen LogP contribution in [0.5, 0.6) is 0 Å². The summed E-state index contributed by atoms with van der Waals surface area (Å²) in [5, 5.41) is 7.87. The molecule has 0 fully saturated rings. The van der Waals surface area contributed by atoms with Crippen LogP contribution in [0.3, 0.4) is 0 Å². The fourth-order valence-corrected chi connectivity index (χ4v) is 3.36. The van der Waals surface area contributed by atoms with Crippen molar-refractivity contribution in [2.45, 2.75) is 47.2 Å². The highest BCUT2D eigenvalue weighted by atomic mass is 16.3. The van der Waals surface area contributed by atoms with Crippen LogP contribution < -0.4 is 10.7 Å². The molecular formula is C20H23N3O3. The van der Waals surface area contributed by atoms with Crippen molar-refractivity contribution in [1.82, 2.24) is 15.1 Å². The molecule has 1 amide bonds. The van der Waals surface area contributed by atoms with Crippen LogP contribution in [0.25, 0.3) is 11.0 Å². The van der Waals surface area contributed by atoms with E-state index in [4.69, 9.17) is 4.42 Å². The van der Waals surface area contributed by atoms with Crippen molar-refractivity contribution in [3.8, 4) is 0 Å². The molecule has 1 N–H and O–H groups in total. The van der Waals surface area contributed by atoms with Crippen molar-refractivity contribution in [2.75, 3.05) is 0 Å². The number of carbonyl (C=O) groups excluding carboxylic acids is 1. The van der Waals surface area contributed by atoms with Gasteiger partial charge >= 0.3 is 0 Å². The Morgan fingerprint density at radius 3 is 2.65 bits per heavy atom. The van der Waals surface area contributed by atoms with Crippen LogP contribution in [0.1, 0.15) is 53.0 Å². The number of fused-ring (bicyclic) bond motifs is 1. The van der Waals surface area contributed by atoms with Gasteiger partial charge in [-0.05, 0) is 52.3 Å². The molecule has 26 heavy (non-hydrogen) atoms. The molecule has 136 valence electrons. The van der Waals surface area contributed by atoms with Gasteiger partial charge in [0.1, 0.15) is 5.58 Å². The Balaban J connectivity index is 1.92. The zero-order valence-corrected chi connectivity index (χ0v) is 15.7. The van der Waals surface area contributed by atoms with Crippen LogP contribution in [0.2, 0.25) is 0 Å². The first-order valence-electron chi connectivity index (χ1n) is 8.71. The molecule has 0 aliphatic rings. The summed E-state index contributed by atoms with van der Waals surface area (Å²) in [6, 6.07) is 6.32. The van der Waals surface area contributed by atoms with Gasteiger partial charge in [0.15, 0.2) is 11.2 Å². The molecule has 0 radical (unpaired) electrons. The van der Waals surface area contributed by atoms with Gasteiger partial charge in [0.2, 0.25) is 0 Å². The van der Waals surface area contributed by atoms with E-state index in [2.05, 4.69) is 10.4 Å². The number of carbonyl (C=O) groups is 1. The highest BCUT2D eigenvalue weighted by Crippen LogP contribution is 2.22. The molecule has 0 aliphatic heterocycles. The normalized spacial score (nSPS) is 12.3. The number of benzene rings is 1. The molecule has 3 aromatic rings. The zero-order chi connectivity index (χ0) is 19.0. The summed E-state index contributed by atoms with van der Waals surface area (Å²) in [4.78, 5) is 24.9. The van der Waals surface area contributed by atoms with Gasteiger partial charge in [-0.2, -0.15) is 5.10 Å². The number of aromatic nitrogens is 2. The second-order valence-electron chi connectivity index (χ2n) is 6.57. The summed E-state index contributed by atoms with van der Waals surface area (Å²) in [7, 11) is 0. The van der Waals surface area contributed by atoms with E-state index < -0.39 is 5.91 Å². The van der Waals surface area contributed by atoms with Crippen LogP contribution in [0, 0.1) is 20.8 Å². The Bertz CT molecular complexity index is 1050. The predicted octanol–water partition coefficient (Wildman–Crippen LogP) is 3.43. The van der Waals surface area contributed by atoms with Crippen molar-refractivity contribution in [3.05, 3.63) is 62.8 Å². The smallest absolute Gasteiger partial charge is 0.287 e. The van der Waals surface area contributed by atoms with Crippen molar-refractivity contribution in [2.24, 2.45) is 0 Å². The molecular weight excluding hydrogens is 330 g/mol. The standard InChI is InChI=1S/C20H23N3O3/c1-6-23-14(5)19(13(4)22-23)12(3)21-20(25)18-10-16(24)15-8-7-11(2)9-17(15)26-18/h7-10,12H,6H2,1-5H3,(H,21,25)/t12-/m1/s1. The number of hydrogen-bond acceptors (Lipinski definition) is 4. The van der Waals surface area contributed by atoms with E-state index in [0.29, 0.717) is 11.0 Å². The van der Waals surface area contributed by atoms with E-state index in [1.54, 1.807) is 12.1 Å². The lowest BCUT2D eigenvalue weighted by Gasteiger charge is -2.14. The van der Waals surface area contributed by atoms with Crippen LogP contribution in [0.4, 0.5) is 0 Å². The van der Waals surface area contributed by atoms with E-state index >= 15 is 0 Å². The Morgan fingerprint density at radius 1 is 1.27 bits per heavy atom. The molecule has 0 saturated heterocycles. The number of nitrogens with zero attached hydrogens (tertiary/aromatic N) is 2. The molecule has 3 rings (SSSR count). The third-order valence-corrected chi connectivity index (χ3v) is 4.63. The molecule has 0 aliphatic carbocycles. The molecule has 1 atom stereocenters. The van der Waals surface area contributed by atoms with Crippen molar-refractivity contribution in [3.63, 3.8) is 0 Å². The van der Waals surface area contributed by atoms with Gasteiger partial charge < -0.3 is 9.73 Å². The molecule has 6 nitrogen and oxygen atoms in total. The van der Waals surface area contributed by atoms with Gasteiger partial charge in [0.25, 0.3) is 5.91 Å². The van der Waals surface area contributed by atoms with Crippen molar-refractivity contribution < 1.29 is 9.21 Å². The zero-order valence-electron chi connectivity index (χ0n) is 15.7. The van der Waals surface area contributed by atoms with Gasteiger partial charge in [0, 0.05) is 23.9 Å². The van der Waals surface area contributed by atoms with E-state index in [9.17, 15) is 9.59 Å². The maximum absolute atomic E-state index is 12.6. The minimum absolute atomic E-state index is 0.0122. The number of hydrogen-bond donors (Lipinski definition) is 1. The molecule has 0 saturated carbocycles. The summed E-state index contributed by atoms with van der Waals surface area (Å²) in [5.41, 5.74) is 4.04. The van der Waals surface area contributed by atoms with E-state index in [1.807, 2.05) is 45.4 Å². The first-order chi connectivity index (χ1) is 12.3. The Kier molecular flexibility index (Phi) is 4.68. The summed E-state index contributed by atoms with van der Waals surface area (Å²) >= 11 is 0. The number of rotatable bonds is 4. The van der Waals surface area contributed by atoms with Crippen molar-refractivity contribution in [1.29, 1.82) is 0 Å². The Hall–Kier alpha value is -2.89. The van der Waals surface area contributed by atoms with Gasteiger partial charge in [-0.25, -0.2) is 0 Å². The molecule has 2 heterocycles. The molecule has 6 heteroatoms. The Labute approximate surface area is 151 Å². The largest absolute Gasteiger partial charge is 0.451 e. The second-order valence-corrected chi connectivity index (χ2v) is 6.57. The molecule has 1 aromatic carbocycles. The van der Waals surface area contributed by atoms with Gasteiger partial charge in [-0.3, -0.25) is 14.3 Å². The first-order valence-corrected chi connectivity index (χ1v) is 8.71. The minimum Gasteiger partial charge on any atom is -0.451 e. The van der Waals surface area contributed by atoms with Gasteiger partial charge in [-0.1, -0.05) is 6.07 Å². The third kappa shape index (κ3) is 3.14. The van der Waals surface area contributed by atoms with Gasteiger partial charge in [-0.15, -0.1) is 0 Å². The average molecular weight is 353 g/mol. The highest BCUT2D eigenvalue weighted by Gasteiger charge is 2.21. The maximum Gasteiger partial charge on any atom is 0.287 e. The quantitative estimate of drug-likeness (QED) is 0.779. The minimum atomic E-state index is -0.416.